The molecule has 0 radical (unpaired) electrons. The van der Waals surface area contributed by atoms with Gasteiger partial charge in [0.1, 0.15) is 12.6 Å². The van der Waals surface area contributed by atoms with E-state index in [1.807, 2.05) is 51.2 Å². The third-order valence-electron chi connectivity index (χ3n) is 4.86. The van der Waals surface area contributed by atoms with E-state index in [0.717, 1.165) is 29.0 Å². The van der Waals surface area contributed by atoms with Crippen LogP contribution in [-0.2, 0) is 11.3 Å². The number of aliphatic hydroxyl groups is 1. The van der Waals surface area contributed by atoms with E-state index in [9.17, 15) is 9.90 Å². The number of carbonyl (C=O) groups is 1. The van der Waals surface area contributed by atoms with Crippen LogP contribution in [0.3, 0.4) is 0 Å². The second-order valence-corrected chi connectivity index (χ2v) is 7.55. The zero-order valence-electron chi connectivity index (χ0n) is 14.5. The average molecular weight is 370 g/mol. The van der Waals surface area contributed by atoms with Gasteiger partial charge in [0.25, 0.3) is 0 Å². The number of fused-ring (bicyclic) bond motifs is 1. The van der Waals surface area contributed by atoms with Gasteiger partial charge in [-0.15, -0.1) is 11.3 Å². The van der Waals surface area contributed by atoms with E-state index in [0.29, 0.717) is 26.2 Å². The highest BCUT2D eigenvalue weighted by Crippen LogP contribution is 2.20. The van der Waals surface area contributed by atoms with Crippen LogP contribution in [0.5, 0.6) is 0 Å². The molecule has 1 atom stereocenters. The number of hydrogen-bond acceptors (Lipinski definition) is 5. The molecule has 4 rings (SSSR count). The van der Waals surface area contributed by atoms with Crippen molar-refractivity contribution in [2.75, 3.05) is 32.7 Å². The number of piperazine rings is 1. The van der Waals surface area contributed by atoms with Crippen molar-refractivity contribution in [2.45, 2.75) is 12.6 Å². The first-order chi connectivity index (χ1) is 12.7. The highest BCUT2D eigenvalue weighted by molar-refractivity contribution is 7.10. The van der Waals surface area contributed by atoms with Crippen LogP contribution in [-0.4, -0.2) is 63.1 Å². The molecule has 3 heterocycles. The molecule has 3 aromatic rings. The van der Waals surface area contributed by atoms with Gasteiger partial charge < -0.3 is 14.6 Å². The van der Waals surface area contributed by atoms with Gasteiger partial charge in [0, 0.05) is 37.6 Å². The van der Waals surface area contributed by atoms with Crippen LogP contribution in [0.2, 0.25) is 0 Å². The van der Waals surface area contributed by atoms with E-state index in [1.54, 1.807) is 17.7 Å². The molecule has 2 aromatic heterocycles. The number of rotatable bonds is 5. The van der Waals surface area contributed by atoms with Crippen LogP contribution in [0.15, 0.2) is 48.1 Å². The lowest BCUT2D eigenvalue weighted by Gasteiger charge is -2.35. The number of benzene rings is 1. The topological polar surface area (TPSA) is 61.6 Å². The second kappa shape index (κ2) is 7.57. The van der Waals surface area contributed by atoms with E-state index in [-0.39, 0.29) is 5.91 Å². The maximum Gasteiger partial charge on any atom is 0.242 e. The predicted octanol–water partition coefficient (Wildman–Crippen LogP) is 1.98. The van der Waals surface area contributed by atoms with Crippen molar-refractivity contribution in [1.82, 2.24) is 19.4 Å². The molecule has 7 heteroatoms. The maximum absolute atomic E-state index is 12.6. The standard InChI is InChI=1S/C19H22N4O2S/c24-17(18-6-3-11-26-18)12-21-7-9-22(10-8-21)19(25)13-23-14-20-15-4-1-2-5-16(15)23/h1-6,11,14,17,24H,7-10,12-13H2. The molecule has 1 aromatic carbocycles. The fourth-order valence-corrected chi connectivity index (χ4v) is 4.08. The fourth-order valence-electron chi connectivity index (χ4n) is 3.38. The number of β-amino-alcohol motifs (C(OH)–C–C–N with tert-alkyl or cyclic N) is 1. The van der Waals surface area contributed by atoms with Crippen LogP contribution in [0, 0.1) is 0 Å². The maximum atomic E-state index is 12.6. The summed E-state index contributed by atoms with van der Waals surface area (Å²) in [6.07, 6.45) is 1.28. The summed E-state index contributed by atoms with van der Waals surface area (Å²) in [6.45, 7) is 3.91. The quantitative estimate of drug-likeness (QED) is 0.746. The molecular weight excluding hydrogens is 348 g/mol. The predicted molar refractivity (Wildman–Crippen MR) is 102 cm³/mol. The van der Waals surface area contributed by atoms with E-state index >= 15 is 0 Å². The normalized spacial score (nSPS) is 16.9. The third-order valence-corrected chi connectivity index (χ3v) is 5.83. The Morgan fingerprint density at radius 3 is 2.73 bits per heavy atom. The molecule has 1 amide bonds. The lowest BCUT2D eigenvalue weighted by Crippen LogP contribution is -2.50. The Balaban J connectivity index is 1.31. The Morgan fingerprint density at radius 2 is 1.96 bits per heavy atom. The largest absolute Gasteiger partial charge is 0.386 e. The number of nitrogens with zero attached hydrogens (tertiary/aromatic N) is 4. The number of aromatic nitrogens is 2. The van der Waals surface area contributed by atoms with Gasteiger partial charge in [0.05, 0.1) is 17.4 Å². The smallest absolute Gasteiger partial charge is 0.242 e. The summed E-state index contributed by atoms with van der Waals surface area (Å²) < 4.78 is 1.91. The van der Waals surface area contributed by atoms with E-state index in [2.05, 4.69) is 9.88 Å². The van der Waals surface area contributed by atoms with Crippen molar-refractivity contribution >= 4 is 28.3 Å². The van der Waals surface area contributed by atoms with Crippen molar-refractivity contribution in [3.63, 3.8) is 0 Å². The first-order valence-electron chi connectivity index (χ1n) is 8.82. The molecule has 1 aliphatic rings. The van der Waals surface area contributed by atoms with Gasteiger partial charge in [-0.1, -0.05) is 18.2 Å². The molecule has 26 heavy (non-hydrogen) atoms. The summed E-state index contributed by atoms with van der Waals surface area (Å²) in [6, 6.07) is 11.8. The third kappa shape index (κ3) is 3.65. The fraction of sp³-hybridized carbons (Fsp3) is 0.368. The average Bonchev–Trinajstić information content (AvgIpc) is 3.33. The molecule has 0 aliphatic carbocycles. The van der Waals surface area contributed by atoms with Crippen LogP contribution < -0.4 is 0 Å². The number of para-hydroxylation sites is 2. The minimum Gasteiger partial charge on any atom is -0.386 e. The molecular formula is C19H22N4O2S. The summed E-state index contributed by atoms with van der Waals surface area (Å²) in [5.74, 6) is 0.117. The van der Waals surface area contributed by atoms with Crippen molar-refractivity contribution < 1.29 is 9.90 Å². The van der Waals surface area contributed by atoms with Gasteiger partial charge >= 0.3 is 0 Å². The second-order valence-electron chi connectivity index (χ2n) is 6.57. The van der Waals surface area contributed by atoms with Gasteiger partial charge in [0.15, 0.2) is 0 Å². The number of aliphatic hydroxyl groups excluding tert-OH is 1. The molecule has 1 saturated heterocycles. The monoisotopic (exact) mass is 370 g/mol. The molecule has 0 bridgehead atoms. The summed E-state index contributed by atoms with van der Waals surface area (Å²) in [5, 5.41) is 12.3. The van der Waals surface area contributed by atoms with Crippen LogP contribution >= 0.6 is 11.3 Å². The van der Waals surface area contributed by atoms with Gasteiger partial charge in [-0.2, -0.15) is 0 Å². The van der Waals surface area contributed by atoms with Crippen molar-refractivity contribution in [3.05, 3.63) is 53.0 Å². The summed E-state index contributed by atoms with van der Waals surface area (Å²) >= 11 is 1.58. The number of hydrogen-bond donors (Lipinski definition) is 1. The summed E-state index contributed by atoms with van der Waals surface area (Å²) in [4.78, 5) is 22.1. The van der Waals surface area contributed by atoms with Crippen LogP contribution in [0.25, 0.3) is 11.0 Å². The Bertz CT molecular complexity index is 869. The molecule has 1 unspecified atom stereocenters. The Hall–Kier alpha value is -2.22. The molecule has 1 aliphatic heterocycles. The van der Waals surface area contributed by atoms with Crippen molar-refractivity contribution in [1.29, 1.82) is 0 Å². The lowest BCUT2D eigenvalue weighted by molar-refractivity contribution is -0.133. The lowest BCUT2D eigenvalue weighted by atomic mass is 10.2. The van der Waals surface area contributed by atoms with Crippen LogP contribution in [0.4, 0.5) is 0 Å². The Kier molecular flexibility index (Phi) is 5.01. The minimum atomic E-state index is -0.449. The van der Waals surface area contributed by atoms with E-state index < -0.39 is 6.10 Å². The number of imidazole rings is 1. The number of amides is 1. The number of thiophene rings is 1. The first-order valence-corrected chi connectivity index (χ1v) is 9.70. The highest BCUT2D eigenvalue weighted by Gasteiger charge is 2.23. The van der Waals surface area contributed by atoms with Gasteiger partial charge in [0.2, 0.25) is 5.91 Å². The van der Waals surface area contributed by atoms with Crippen molar-refractivity contribution in [2.24, 2.45) is 0 Å². The molecule has 1 N–H and O–H groups in total. The Labute approximate surface area is 156 Å². The molecule has 136 valence electrons. The molecule has 0 saturated carbocycles. The zero-order chi connectivity index (χ0) is 17.9. The summed E-state index contributed by atoms with van der Waals surface area (Å²) in [7, 11) is 0. The van der Waals surface area contributed by atoms with E-state index in [1.165, 1.54) is 0 Å². The summed E-state index contributed by atoms with van der Waals surface area (Å²) in [5.41, 5.74) is 1.89. The highest BCUT2D eigenvalue weighted by atomic mass is 32.1. The Morgan fingerprint density at radius 1 is 1.15 bits per heavy atom. The zero-order valence-corrected chi connectivity index (χ0v) is 15.3. The van der Waals surface area contributed by atoms with Crippen LogP contribution in [0.1, 0.15) is 11.0 Å². The van der Waals surface area contributed by atoms with Gasteiger partial charge in [-0.25, -0.2) is 4.98 Å². The van der Waals surface area contributed by atoms with Gasteiger partial charge in [-0.3, -0.25) is 9.69 Å². The molecule has 6 nitrogen and oxygen atoms in total. The molecule has 0 spiro atoms. The first kappa shape index (κ1) is 17.2. The van der Waals surface area contributed by atoms with Crippen molar-refractivity contribution in [3.8, 4) is 0 Å². The number of carbonyl (C=O) groups excluding carboxylic acids is 1. The SMILES string of the molecule is O=C(Cn1cnc2ccccc21)N1CCN(CC(O)c2cccs2)CC1. The molecule has 1 fully saturated rings. The van der Waals surface area contributed by atoms with E-state index in [4.69, 9.17) is 0 Å². The minimum absolute atomic E-state index is 0.117. The van der Waals surface area contributed by atoms with Gasteiger partial charge in [-0.05, 0) is 23.6 Å².